The number of aliphatic carboxylic acids is 1. The number of carboxylic acid groups (broad SMARTS) is 1. The topological polar surface area (TPSA) is 106 Å². The minimum atomic E-state index is -0.992. The Morgan fingerprint density at radius 3 is 2.55 bits per heavy atom. The summed E-state index contributed by atoms with van der Waals surface area (Å²) in [6.45, 7) is 4.34. The van der Waals surface area contributed by atoms with Crippen molar-refractivity contribution in [1.82, 2.24) is 9.47 Å². The predicted octanol–water partition coefficient (Wildman–Crippen LogP) is 1.35. The van der Waals surface area contributed by atoms with E-state index in [4.69, 9.17) is 5.11 Å². The van der Waals surface area contributed by atoms with Gasteiger partial charge in [0.1, 0.15) is 5.69 Å². The SMILES string of the molecule is CCN(CCC(=O)O)C(=O)c1cc([N+](=O)[O-])cn1CC. The highest BCUT2D eigenvalue weighted by molar-refractivity contribution is 5.93. The first-order valence-electron chi connectivity index (χ1n) is 6.26. The molecule has 0 aliphatic heterocycles. The molecule has 0 spiro atoms. The Kier molecular flexibility index (Phi) is 5.24. The first kappa shape index (κ1) is 15.7. The lowest BCUT2D eigenvalue weighted by atomic mass is 10.3. The van der Waals surface area contributed by atoms with E-state index in [0.717, 1.165) is 0 Å². The Morgan fingerprint density at radius 1 is 1.45 bits per heavy atom. The van der Waals surface area contributed by atoms with Gasteiger partial charge in [-0.2, -0.15) is 0 Å². The molecule has 1 heterocycles. The van der Waals surface area contributed by atoms with Crippen LogP contribution in [0.15, 0.2) is 12.3 Å². The summed E-state index contributed by atoms with van der Waals surface area (Å²) >= 11 is 0. The summed E-state index contributed by atoms with van der Waals surface area (Å²) in [5, 5.41) is 19.4. The molecule has 0 fully saturated rings. The van der Waals surface area contributed by atoms with Gasteiger partial charge in [-0.25, -0.2) is 0 Å². The standard InChI is InChI=1S/C12H17N3O5/c1-3-13(6-5-11(16)17)12(18)10-7-9(15(19)20)8-14(10)4-2/h7-8H,3-6H2,1-2H3,(H,16,17). The van der Waals surface area contributed by atoms with Crippen LogP contribution in [-0.2, 0) is 11.3 Å². The minimum Gasteiger partial charge on any atom is -0.481 e. The molecule has 20 heavy (non-hydrogen) atoms. The third-order valence-corrected chi connectivity index (χ3v) is 2.92. The summed E-state index contributed by atoms with van der Waals surface area (Å²) in [6.07, 6.45) is 1.15. The van der Waals surface area contributed by atoms with Gasteiger partial charge < -0.3 is 14.6 Å². The third kappa shape index (κ3) is 3.56. The Morgan fingerprint density at radius 2 is 2.10 bits per heavy atom. The maximum absolute atomic E-state index is 12.3. The number of carbonyl (C=O) groups is 2. The summed E-state index contributed by atoms with van der Waals surface area (Å²) < 4.78 is 1.49. The van der Waals surface area contributed by atoms with Crippen molar-refractivity contribution in [1.29, 1.82) is 0 Å². The first-order valence-corrected chi connectivity index (χ1v) is 6.26. The molecule has 8 heteroatoms. The second-order valence-corrected chi connectivity index (χ2v) is 4.16. The van der Waals surface area contributed by atoms with E-state index >= 15 is 0 Å². The number of carbonyl (C=O) groups excluding carboxylic acids is 1. The summed E-state index contributed by atoms with van der Waals surface area (Å²) in [7, 11) is 0. The summed E-state index contributed by atoms with van der Waals surface area (Å²) in [5.41, 5.74) is 0.0518. The van der Waals surface area contributed by atoms with Gasteiger partial charge in [0.25, 0.3) is 11.6 Å². The molecule has 1 aromatic rings. The smallest absolute Gasteiger partial charge is 0.305 e. The number of aryl methyl sites for hydroxylation is 1. The maximum Gasteiger partial charge on any atom is 0.305 e. The Hall–Kier alpha value is -2.38. The van der Waals surface area contributed by atoms with Crippen molar-refractivity contribution in [2.24, 2.45) is 0 Å². The first-order chi connectivity index (χ1) is 9.40. The monoisotopic (exact) mass is 283 g/mol. The molecule has 110 valence electrons. The van der Waals surface area contributed by atoms with Crippen molar-refractivity contribution in [3.05, 3.63) is 28.1 Å². The molecular formula is C12H17N3O5. The maximum atomic E-state index is 12.3. The van der Waals surface area contributed by atoms with Crippen molar-refractivity contribution >= 4 is 17.6 Å². The van der Waals surface area contributed by atoms with Crippen LogP contribution in [0, 0.1) is 10.1 Å². The minimum absolute atomic E-state index is 0.0767. The zero-order chi connectivity index (χ0) is 15.3. The molecule has 0 aliphatic carbocycles. The number of carboxylic acids is 1. The molecule has 1 aromatic heterocycles. The van der Waals surface area contributed by atoms with E-state index in [-0.39, 0.29) is 24.3 Å². The van der Waals surface area contributed by atoms with Crippen molar-refractivity contribution in [2.75, 3.05) is 13.1 Å². The van der Waals surface area contributed by atoms with Crippen molar-refractivity contribution in [3.8, 4) is 0 Å². The van der Waals surface area contributed by atoms with E-state index < -0.39 is 16.8 Å². The third-order valence-electron chi connectivity index (χ3n) is 2.92. The van der Waals surface area contributed by atoms with Crippen LogP contribution in [0.3, 0.4) is 0 Å². The Labute approximate surface area is 115 Å². The van der Waals surface area contributed by atoms with Gasteiger partial charge in [0, 0.05) is 25.7 Å². The van der Waals surface area contributed by atoms with Gasteiger partial charge in [0.15, 0.2) is 0 Å². The number of amides is 1. The molecule has 1 amide bonds. The van der Waals surface area contributed by atoms with E-state index in [9.17, 15) is 19.7 Å². The molecule has 0 aliphatic rings. The fourth-order valence-corrected chi connectivity index (χ4v) is 1.83. The van der Waals surface area contributed by atoms with Crippen LogP contribution in [0.25, 0.3) is 0 Å². The molecular weight excluding hydrogens is 266 g/mol. The molecule has 0 bridgehead atoms. The number of hydrogen-bond donors (Lipinski definition) is 1. The van der Waals surface area contributed by atoms with Gasteiger partial charge in [0.05, 0.1) is 17.5 Å². The van der Waals surface area contributed by atoms with Gasteiger partial charge in [-0.1, -0.05) is 0 Å². The molecule has 1 rings (SSSR count). The van der Waals surface area contributed by atoms with E-state index in [2.05, 4.69) is 0 Å². The van der Waals surface area contributed by atoms with Crippen LogP contribution in [0.4, 0.5) is 5.69 Å². The average Bonchev–Trinajstić information content (AvgIpc) is 2.83. The highest BCUT2D eigenvalue weighted by Crippen LogP contribution is 2.18. The van der Waals surface area contributed by atoms with Gasteiger partial charge in [-0.05, 0) is 13.8 Å². The van der Waals surface area contributed by atoms with Gasteiger partial charge in [-0.3, -0.25) is 19.7 Å². The number of nitrogens with zero attached hydrogens (tertiary/aromatic N) is 3. The van der Waals surface area contributed by atoms with E-state index in [0.29, 0.717) is 13.1 Å². The molecule has 0 saturated carbocycles. The zero-order valence-corrected chi connectivity index (χ0v) is 11.4. The molecule has 0 radical (unpaired) electrons. The van der Waals surface area contributed by atoms with Crippen molar-refractivity contribution < 1.29 is 19.6 Å². The highest BCUT2D eigenvalue weighted by atomic mass is 16.6. The van der Waals surface area contributed by atoms with Gasteiger partial charge in [0.2, 0.25) is 0 Å². The van der Waals surface area contributed by atoms with Crippen LogP contribution < -0.4 is 0 Å². The van der Waals surface area contributed by atoms with Crippen LogP contribution in [-0.4, -0.2) is 44.5 Å². The second kappa shape index (κ2) is 6.69. The fraction of sp³-hybridized carbons (Fsp3) is 0.500. The largest absolute Gasteiger partial charge is 0.481 e. The molecule has 0 unspecified atom stereocenters. The number of nitro groups is 1. The van der Waals surface area contributed by atoms with Crippen LogP contribution in [0.2, 0.25) is 0 Å². The second-order valence-electron chi connectivity index (χ2n) is 4.16. The normalized spacial score (nSPS) is 10.3. The number of hydrogen-bond acceptors (Lipinski definition) is 4. The van der Waals surface area contributed by atoms with Gasteiger partial charge >= 0.3 is 5.97 Å². The lowest BCUT2D eigenvalue weighted by Gasteiger charge is -2.20. The van der Waals surface area contributed by atoms with Crippen molar-refractivity contribution in [3.63, 3.8) is 0 Å². The van der Waals surface area contributed by atoms with Crippen LogP contribution >= 0.6 is 0 Å². The lowest BCUT2D eigenvalue weighted by Crippen LogP contribution is -2.34. The molecule has 0 aromatic carbocycles. The van der Waals surface area contributed by atoms with E-state index in [1.165, 1.54) is 21.7 Å². The predicted molar refractivity (Wildman–Crippen MR) is 70.6 cm³/mol. The molecule has 0 saturated heterocycles. The van der Waals surface area contributed by atoms with Gasteiger partial charge in [-0.15, -0.1) is 0 Å². The average molecular weight is 283 g/mol. The Balaban J connectivity index is 2.99. The number of rotatable bonds is 7. The molecule has 8 nitrogen and oxygen atoms in total. The van der Waals surface area contributed by atoms with E-state index in [1.807, 2.05) is 0 Å². The number of aromatic nitrogens is 1. The Bertz CT molecular complexity index is 523. The summed E-state index contributed by atoms with van der Waals surface area (Å²) in [4.78, 5) is 34.4. The molecule has 0 atom stereocenters. The lowest BCUT2D eigenvalue weighted by molar-refractivity contribution is -0.384. The quantitative estimate of drug-likeness (QED) is 0.600. The summed E-state index contributed by atoms with van der Waals surface area (Å²) in [6, 6.07) is 1.22. The summed E-state index contributed by atoms with van der Waals surface area (Å²) in [5.74, 6) is -1.39. The highest BCUT2D eigenvalue weighted by Gasteiger charge is 2.22. The van der Waals surface area contributed by atoms with Crippen molar-refractivity contribution in [2.45, 2.75) is 26.8 Å². The van der Waals surface area contributed by atoms with Crippen LogP contribution in [0.1, 0.15) is 30.8 Å². The zero-order valence-electron chi connectivity index (χ0n) is 11.4. The van der Waals surface area contributed by atoms with E-state index in [1.54, 1.807) is 13.8 Å². The molecule has 1 N–H and O–H groups in total. The van der Waals surface area contributed by atoms with Crippen LogP contribution in [0.5, 0.6) is 0 Å². The fourth-order valence-electron chi connectivity index (χ4n) is 1.83.